The van der Waals surface area contributed by atoms with Crippen molar-refractivity contribution >= 4 is 34.2 Å². The van der Waals surface area contributed by atoms with E-state index in [9.17, 15) is 18.8 Å². The number of alkyl halides is 2. The van der Waals surface area contributed by atoms with E-state index in [4.69, 9.17) is 4.74 Å². The van der Waals surface area contributed by atoms with Crippen molar-refractivity contribution in [2.45, 2.75) is 44.4 Å². The van der Waals surface area contributed by atoms with E-state index in [1.165, 1.54) is 17.4 Å². The highest BCUT2D eigenvalue weighted by Gasteiger charge is 2.21. The maximum Gasteiger partial charge on any atom is 0.350 e. The molecular weight excluding hydrogens is 406 g/mol. The fourth-order valence-corrected chi connectivity index (χ4v) is 4.27. The van der Waals surface area contributed by atoms with Gasteiger partial charge in [-0.2, -0.15) is 5.26 Å². The molecule has 0 aromatic carbocycles. The molecule has 0 unspecified atom stereocenters. The summed E-state index contributed by atoms with van der Waals surface area (Å²) in [6, 6.07) is 3.22. The maximum absolute atomic E-state index is 13.1. The Labute approximate surface area is 170 Å². The van der Waals surface area contributed by atoms with Crippen LogP contribution >= 0.6 is 23.1 Å². The molecule has 0 spiro atoms. The van der Waals surface area contributed by atoms with Crippen LogP contribution in [0.15, 0.2) is 11.1 Å². The summed E-state index contributed by atoms with van der Waals surface area (Å²) in [5.74, 6) is -0.280. The lowest BCUT2D eigenvalue weighted by Gasteiger charge is -2.09. The number of carbonyl (C=O) groups is 1. The zero-order valence-corrected chi connectivity index (χ0v) is 17.3. The van der Waals surface area contributed by atoms with E-state index >= 15 is 0 Å². The molecule has 0 atom stereocenters. The number of hydrogen-bond donors (Lipinski definition) is 1. The molecule has 10 heteroatoms. The van der Waals surface area contributed by atoms with Crippen molar-refractivity contribution in [3.63, 3.8) is 0 Å². The Bertz CT molecular complexity index is 881. The normalized spacial score (nSPS) is 10.8. The first-order valence-corrected chi connectivity index (χ1v) is 10.4. The molecule has 0 radical (unpaired) electrons. The molecule has 0 saturated carbocycles. The summed E-state index contributed by atoms with van der Waals surface area (Å²) in [5.41, 5.74) is 0.766. The van der Waals surface area contributed by atoms with E-state index in [0.29, 0.717) is 27.8 Å². The molecule has 0 aliphatic heterocycles. The van der Waals surface area contributed by atoms with Gasteiger partial charge in [-0.15, -0.1) is 0 Å². The molecule has 6 nitrogen and oxygen atoms in total. The third-order valence-corrected chi connectivity index (χ3v) is 5.59. The molecule has 1 N–H and O–H groups in total. The lowest BCUT2D eigenvalue weighted by Crippen LogP contribution is -2.05. The van der Waals surface area contributed by atoms with Gasteiger partial charge >= 0.3 is 5.97 Å². The number of nitrogens with zero attached hydrogens (tertiary/aromatic N) is 3. The van der Waals surface area contributed by atoms with Gasteiger partial charge in [-0.25, -0.2) is 23.5 Å². The van der Waals surface area contributed by atoms with Gasteiger partial charge in [0.15, 0.2) is 5.13 Å². The number of rotatable bonds is 9. The number of ether oxygens (including phenoxy) is 1. The molecule has 0 bridgehead atoms. The molecule has 2 heterocycles. The number of aromatic nitrogens is 2. The number of esters is 1. The Balaban J connectivity index is 2.31. The number of halogens is 2. The van der Waals surface area contributed by atoms with Gasteiger partial charge in [0.25, 0.3) is 6.43 Å². The van der Waals surface area contributed by atoms with Crippen molar-refractivity contribution in [1.29, 1.82) is 5.26 Å². The second-order valence-electron chi connectivity index (χ2n) is 5.69. The van der Waals surface area contributed by atoms with E-state index < -0.39 is 12.4 Å². The predicted molar refractivity (Wildman–Crippen MR) is 105 cm³/mol. The lowest BCUT2D eigenvalue weighted by molar-refractivity contribution is 0.0531. The highest BCUT2D eigenvalue weighted by atomic mass is 32.2. The number of anilines is 1. The van der Waals surface area contributed by atoms with Crippen LogP contribution in [0.25, 0.3) is 0 Å². The summed E-state index contributed by atoms with van der Waals surface area (Å²) in [4.78, 5) is 20.9. The van der Waals surface area contributed by atoms with Gasteiger partial charge in [-0.3, -0.25) is 0 Å². The molecule has 2 aromatic rings. The van der Waals surface area contributed by atoms with E-state index in [0.717, 1.165) is 18.2 Å². The highest BCUT2D eigenvalue weighted by Crippen LogP contribution is 2.32. The van der Waals surface area contributed by atoms with Gasteiger partial charge in [-0.1, -0.05) is 30.0 Å². The minimum atomic E-state index is -2.73. The SMILES string of the molecule is CCCNc1nc(CSc2nc(C(F)F)cc(C)c2C#N)c(C(=O)OCC)s1. The number of hydrogen-bond acceptors (Lipinski definition) is 8. The largest absolute Gasteiger partial charge is 0.462 e. The van der Waals surface area contributed by atoms with Gasteiger partial charge in [0.05, 0.1) is 17.9 Å². The van der Waals surface area contributed by atoms with E-state index in [1.807, 2.05) is 13.0 Å². The van der Waals surface area contributed by atoms with Crippen LogP contribution in [0.2, 0.25) is 0 Å². The summed E-state index contributed by atoms with van der Waals surface area (Å²) >= 11 is 2.29. The van der Waals surface area contributed by atoms with Crippen LogP contribution < -0.4 is 5.32 Å². The minimum Gasteiger partial charge on any atom is -0.462 e. The van der Waals surface area contributed by atoms with Crippen molar-refractivity contribution in [2.75, 3.05) is 18.5 Å². The third-order valence-electron chi connectivity index (χ3n) is 3.57. The highest BCUT2D eigenvalue weighted by molar-refractivity contribution is 7.98. The van der Waals surface area contributed by atoms with Crippen LogP contribution in [0.4, 0.5) is 13.9 Å². The Hall–Kier alpha value is -2.25. The summed E-state index contributed by atoms with van der Waals surface area (Å²) in [6.07, 6.45) is -1.84. The number of thiazole rings is 1. The van der Waals surface area contributed by atoms with Crippen LogP contribution in [-0.4, -0.2) is 29.1 Å². The van der Waals surface area contributed by atoms with E-state index in [1.54, 1.807) is 13.8 Å². The van der Waals surface area contributed by atoms with Gasteiger partial charge in [0.1, 0.15) is 21.7 Å². The number of nitriles is 1. The van der Waals surface area contributed by atoms with Crippen molar-refractivity contribution in [3.05, 3.63) is 33.5 Å². The number of aryl methyl sites for hydroxylation is 1. The third kappa shape index (κ3) is 5.39. The van der Waals surface area contributed by atoms with Crippen molar-refractivity contribution < 1.29 is 18.3 Å². The zero-order valence-electron chi connectivity index (χ0n) is 15.7. The zero-order chi connectivity index (χ0) is 20.7. The monoisotopic (exact) mass is 426 g/mol. The molecule has 0 fully saturated rings. The fraction of sp³-hybridized carbons (Fsp3) is 0.444. The Morgan fingerprint density at radius 1 is 1.43 bits per heavy atom. The number of pyridine rings is 1. The van der Waals surface area contributed by atoms with Crippen LogP contribution in [0.1, 0.15) is 58.9 Å². The predicted octanol–water partition coefficient (Wildman–Crippen LogP) is 4.95. The van der Waals surface area contributed by atoms with Gasteiger partial charge < -0.3 is 10.1 Å². The smallest absolute Gasteiger partial charge is 0.350 e. The molecular formula is C18H20F2N4O2S2. The molecule has 0 aliphatic carbocycles. The lowest BCUT2D eigenvalue weighted by atomic mass is 10.1. The second-order valence-corrected chi connectivity index (χ2v) is 7.65. The van der Waals surface area contributed by atoms with Crippen molar-refractivity contribution in [2.24, 2.45) is 0 Å². The Morgan fingerprint density at radius 3 is 2.79 bits per heavy atom. The van der Waals surface area contributed by atoms with Crippen molar-refractivity contribution in [1.82, 2.24) is 9.97 Å². The molecule has 28 heavy (non-hydrogen) atoms. The Morgan fingerprint density at radius 2 is 2.18 bits per heavy atom. The topological polar surface area (TPSA) is 87.9 Å². The number of carbonyl (C=O) groups excluding carboxylic acids is 1. The van der Waals surface area contributed by atoms with Crippen LogP contribution in [0, 0.1) is 18.3 Å². The summed E-state index contributed by atoms with van der Waals surface area (Å²) in [5, 5.41) is 13.3. The average molecular weight is 427 g/mol. The van der Waals surface area contributed by atoms with Crippen LogP contribution in [0.5, 0.6) is 0 Å². The molecule has 0 saturated heterocycles. The van der Waals surface area contributed by atoms with Crippen LogP contribution in [0.3, 0.4) is 0 Å². The van der Waals surface area contributed by atoms with Crippen LogP contribution in [-0.2, 0) is 10.5 Å². The van der Waals surface area contributed by atoms with Gasteiger partial charge in [-0.05, 0) is 31.9 Å². The quantitative estimate of drug-likeness (QED) is 0.448. The summed E-state index contributed by atoms with van der Waals surface area (Å²) < 4.78 is 31.2. The Kier molecular flexibility index (Phi) is 8.14. The first kappa shape index (κ1) is 22.0. The number of nitrogens with one attached hydrogen (secondary N) is 1. The van der Waals surface area contributed by atoms with Crippen molar-refractivity contribution in [3.8, 4) is 6.07 Å². The minimum absolute atomic E-state index is 0.198. The molecule has 150 valence electrons. The van der Waals surface area contributed by atoms with Gasteiger partial charge in [0.2, 0.25) is 0 Å². The summed E-state index contributed by atoms with van der Waals surface area (Å²) in [6.45, 7) is 6.26. The molecule has 0 aliphatic rings. The first-order valence-electron chi connectivity index (χ1n) is 8.64. The van der Waals surface area contributed by atoms with E-state index in [-0.39, 0.29) is 28.6 Å². The van der Waals surface area contributed by atoms with E-state index in [2.05, 4.69) is 15.3 Å². The molecule has 2 rings (SSSR count). The fourth-order valence-electron chi connectivity index (χ4n) is 2.27. The summed E-state index contributed by atoms with van der Waals surface area (Å²) in [7, 11) is 0. The standard InChI is InChI=1S/C18H20F2N4O2S2/c1-4-6-22-18-24-13(14(28-18)17(25)26-5-2)9-27-16-11(8-21)10(3)7-12(23-16)15(19)20/h7,15H,4-6,9H2,1-3H3,(H,22,24). The number of thioether (sulfide) groups is 1. The average Bonchev–Trinajstić information content (AvgIpc) is 3.07. The maximum atomic E-state index is 13.1. The molecule has 2 aromatic heterocycles. The molecule has 0 amide bonds. The second kappa shape index (κ2) is 10.3. The van der Waals surface area contributed by atoms with Gasteiger partial charge in [0, 0.05) is 12.3 Å². The first-order chi connectivity index (χ1) is 13.4.